The maximum atomic E-state index is 11.1. The highest BCUT2D eigenvalue weighted by Gasteiger charge is 2.17. The van der Waals surface area contributed by atoms with Crippen LogP contribution in [0.5, 0.6) is 0 Å². The molecule has 0 radical (unpaired) electrons. The largest absolute Gasteiger partial charge is 0.478 e. The minimum Gasteiger partial charge on any atom is -0.478 e. The average Bonchev–Trinajstić information content (AvgIpc) is 2.64. The van der Waals surface area contributed by atoms with Crippen LogP contribution in [-0.2, 0) is 13.1 Å². The van der Waals surface area contributed by atoms with Gasteiger partial charge in [0.15, 0.2) is 0 Å². The molecule has 0 spiro atoms. The third-order valence-corrected chi connectivity index (χ3v) is 4.53. The Balaban J connectivity index is 1.50. The molecule has 0 amide bonds. The van der Waals surface area contributed by atoms with Crippen LogP contribution in [-0.4, -0.2) is 47.1 Å². The molecule has 1 fully saturated rings. The summed E-state index contributed by atoms with van der Waals surface area (Å²) in [7, 11) is 0. The lowest BCUT2D eigenvalue weighted by molar-refractivity contribution is 0.0696. The van der Waals surface area contributed by atoms with Gasteiger partial charge in [-0.25, -0.2) is 4.79 Å². The van der Waals surface area contributed by atoms with E-state index in [1.807, 2.05) is 30.3 Å². The number of hydrogen-bond donors (Lipinski definition) is 1. The predicted octanol–water partition coefficient (Wildman–Crippen LogP) is 2.57. The zero-order valence-electron chi connectivity index (χ0n) is 14.1. The molecule has 0 saturated carbocycles. The van der Waals surface area contributed by atoms with E-state index in [2.05, 4.69) is 15.9 Å². The number of carboxylic acid groups (broad SMARTS) is 1. The second-order valence-corrected chi connectivity index (χ2v) is 6.37. The number of hydrogen-bond acceptors (Lipinski definition) is 4. The van der Waals surface area contributed by atoms with Crippen molar-refractivity contribution in [3.05, 3.63) is 70.8 Å². The van der Waals surface area contributed by atoms with Gasteiger partial charge in [-0.3, -0.25) is 9.80 Å². The average molecular weight is 335 g/mol. The summed E-state index contributed by atoms with van der Waals surface area (Å²) in [5, 5.41) is 17.9. The van der Waals surface area contributed by atoms with E-state index in [0.717, 1.165) is 44.8 Å². The summed E-state index contributed by atoms with van der Waals surface area (Å²) in [5.74, 6) is -0.880. The lowest BCUT2D eigenvalue weighted by Crippen LogP contribution is -2.45. The Bertz CT molecular complexity index is 772. The summed E-state index contributed by atoms with van der Waals surface area (Å²) in [4.78, 5) is 15.8. The quantitative estimate of drug-likeness (QED) is 0.909. The van der Waals surface area contributed by atoms with Crippen LogP contribution >= 0.6 is 0 Å². The molecule has 1 saturated heterocycles. The van der Waals surface area contributed by atoms with Crippen molar-refractivity contribution >= 4 is 5.97 Å². The van der Waals surface area contributed by atoms with Crippen molar-refractivity contribution in [3.63, 3.8) is 0 Å². The molecule has 1 aliphatic heterocycles. The molecular weight excluding hydrogens is 314 g/mol. The van der Waals surface area contributed by atoms with Crippen molar-refractivity contribution in [2.75, 3.05) is 26.2 Å². The zero-order chi connectivity index (χ0) is 17.6. The number of carbonyl (C=O) groups is 1. The Labute approximate surface area is 147 Å². The van der Waals surface area contributed by atoms with Crippen molar-refractivity contribution in [3.8, 4) is 6.07 Å². The number of nitrogens with zero attached hydrogens (tertiary/aromatic N) is 3. The number of piperazine rings is 1. The first-order valence-corrected chi connectivity index (χ1v) is 8.40. The van der Waals surface area contributed by atoms with Crippen LogP contribution in [0.3, 0.4) is 0 Å². The minimum atomic E-state index is -0.880. The second-order valence-electron chi connectivity index (χ2n) is 6.37. The van der Waals surface area contributed by atoms with E-state index in [9.17, 15) is 4.79 Å². The molecule has 0 aliphatic carbocycles. The van der Waals surface area contributed by atoms with Gasteiger partial charge in [-0.2, -0.15) is 5.26 Å². The third-order valence-electron chi connectivity index (χ3n) is 4.53. The smallest absolute Gasteiger partial charge is 0.335 e. The van der Waals surface area contributed by atoms with Gasteiger partial charge in [-0.05, 0) is 35.4 Å². The maximum absolute atomic E-state index is 11.1. The SMILES string of the molecule is N#Cc1ccc(CN2CCN(Cc3cccc(C(=O)O)c3)CC2)cc1. The second kappa shape index (κ2) is 7.93. The summed E-state index contributed by atoms with van der Waals surface area (Å²) < 4.78 is 0. The molecule has 1 heterocycles. The van der Waals surface area contributed by atoms with E-state index in [-0.39, 0.29) is 0 Å². The Hall–Kier alpha value is -2.68. The number of rotatable bonds is 5. The van der Waals surface area contributed by atoms with Gasteiger partial charge in [0.1, 0.15) is 0 Å². The Morgan fingerprint density at radius 2 is 1.56 bits per heavy atom. The van der Waals surface area contributed by atoms with Crippen molar-refractivity contribution in [2.45, 2.75) is 13.1 Å². The van der Waals surface area contributed by atoms with Gasteiger partial charge < -0.3 is 5.11 Å². The monoisotopic (exact) mass is 335 g/mol. The third kappa shape index (κ3) is 4.66. The maximum Gasteiger partial charge on any atom is 0.335 e. The number of nitriles is 1. The van der Waals surface area contributed by atoms with Gasteiger partial charge in [0.2, 0.25) is 0 Å². The van der Waals surface area contributed by atoms with Gasteiger partial charge in [0.25, 0.3) is 0 Å². The van der Waals surface area contributed by atoms with E-state index in [4.69, 9.17) is 10.4 Å². The van der Waals surface area contributed by atoms with E-state index in [1.165, 1.54) is 5.56 Å². The lowest BCUT2D eigenvalue weighted by atomic mass is 10.1. The molecular formula is C20H21N3O2. The molecule has 2 aromatic rings. The van der Waals surface area contributed by atoms with Crippen LogP contribution in [0, 0.1) is 11.3 Å². The molecule has 0 unspecified atom stereocenters. The first-order chi connectivity index (χ1) is 12.1. The van der Waals surface area contributed by atoms with Gasteiger partial charge in [-0.1, -0.05) is 24.3 Å². The summed E-state index contributed by atoms with van der Waals surface area (Å²) in [6, 6.07) is 17.1. The fraction of sp³-hybridized carbons (Fsp3) is 0.300. The first-order valence-electron chi connectivity index (χ1n) is 8.40. The van der Waals surface area contributed by atoms with Crippen LogP contribution in [0.2, 0.25) is 0 Å². The molecule has 0 bridgehead atoms. The van der Waals surface area contributed by atoms with Crippen LogP contribution in [0.25, 0.3) is 0 Å². The predicted molar refractivity (Wildman–Crippen MR) is 95.1 cm³/mol. The Morgan fingerprint density at radius 3 is 2.12 bits per heavy atom. The van der Waals surface area contributed by atoms with Crippen molar-refractivity contribution in [2.24, 2.45) is 0 Å². The number of benzene rings is 2. The van der Waals surface area contributed by atoms with Crippen LogP contribution < -0.4 is 0 Å². The molecule has 0 aromatic heterocycles. The molecule has 1 aliphatic rings. The standard InChI is InChI=1S/C20H21N3O2/c21-13-16-4-6-17(7-5-16)14-22-8-10-23(11-9-22)15-18-2-1-3-19(12-18)20(24)25/h1-7,12H,8-11,14-15H2,(H,24,25). The molecule has 1 N–H and O–H groups in total. The van der Waals surface area contributed by atoms with Gasteiger partial charge >= 0.3 is 5.97 Å². The number of carboxylic acids is 1. The van der Waals surface area contributed by atoms with Crippen LogP contribution in [0.15, 0.2) is 48.5 Å². The molecule has 5 nitrogen and oxygen atoms in total. The normalized spacial score (nSPS) is 15.6. The van der Waals surface area contributed by atoms with Gasteiger partial charge in [-0.15, -0.1) is 0 Å². The highest BCUT2D eigenvalue weighted by Crippen LogP contribution is 2.13. The van der Waals surface area contributed by atoms with Gasteiger partial charge in [0.05, 0.1) is 17.2 Å². The van der Waals surface area contributed by atoms with Crippen molar-refractivity contribution < 1.29 is 9.90 Å². The van der Waals surface area contributed by atoms with Crippen LogP contribution in [0.4, 0.5) is 0 Å². The van der Waals surface area contributed by atoms with E-state index in [0.29, 0.717) is 11.1 Å². The van der Waals surface area contributed by atoms with E-state index >= 15 is 0 Å². The minimum absolute atomic E-state index is 0.344. The molecule has 0 atom stereocenters. The van der Waals surface area contributed by atoms with Crippen LogP contribution in [0.1, 0.15) is 27.0 Å². The zero-order valence-corrected chi connectivity index (χ0v) is 14.1. The van der Waals surface area contributed by atoms with Crippen molar-refractivity contribution in [1.29, 1.82) is 5.26 Å². The highest BCUT2D eigenvalue weighted by molar-refractivity contribution is 5.87. The first kappa shape index (κ1) is 17.2. The molecule has 2 aromatic carbocycles. The Kier molecular flexibility index (Phi) is 5.44. The van der Waals surface area contributed by atoms with Gasteiger partial charge in [0, 0.05) is 39.3 Å². The topological polar surface area (TPSA) is 67.6 Å². The highest BCUT2D eigenvalue weighted by atomic mass is 16.4. The summed E-state index contributed by atoms with van der Waals surface area (Å²) in [5.41, 5.74) is 3.30. The molecule has 3 rings (SSSR count). The Morgan fingerprint density at radius 1 is 0.960 bits per heavy atom. The molecule has 25 heavy (non-hydrogen) atoms. The lowest BCUT2D eigenvalue weighted by Gasteiger charge is -2.34. The molecule has 128 valence electrons. The van der Waals surface area contributed by atoms with Crippen molar-refractivity contribution in [1.82, 2.24) is 9.80 Å². The number of aromatic carboxylic acids is 1. The molecule has 5 heteroatoms. The summed E-state index contributed by atoms with van der Waals surface area (Å²) in [6.45, 7) is 5.58. The summed E-state index contributed by atoms with van der Waals surface area (Å²) >= 11 is 0. The van der Waals surface area contributed by atoms with E-state index < -0.39 is 5.97 Å². The fourth-order valence-corrected chi connectivity index (χ4v) is 3.11. The fourth-order valence-electron chi connectivity index (χ4n) is 3.11. The van der Waals surface area contributed by atoms with E-state index in [1.54, 1.807) is 18.2 Å². The summed E-state index contributed by atoms with van der Waals surface area (Å²) in [6.07, 6.45) is 0.